The van der Waals surface area contributed by atoms with Crippen LogP contribution in [0, 0.1) is 0 Å². The minimum Gasteiger partial charge on any atom is -0.325 e. The maximum atomic E-state index is 10.9. The van der Waals surface area contributed by atoms with Crippen molar-refractivity contribution in [1.29, 1.82) is 0 Å². The smallest absolute Gasteiger partial charge is 0.169 e. The normalized spacial score (nSPS) is 10.6. The van der Waals surface area contributed by atoms with Gasteiger partial charge in [-0.2, -0.15) is 0 Å². The van der Waals surface area contributed by atoms with E-state index in [4.69, 9.17) is 11.6 Å². The Morgan fingerprint density at radius 1 is 1.40 bits per heavy atom. The molecule has 0 unspecified atom stereocenters. The minimum absolute atomic E-state index is 0.338. The molecule has 4 heteroatoms. The standard InChI is InChI=1S/C11H17ClN2O/c1-3-5-6-10-13-11(12)9(8-15)14(10)7-4-2/h8H,3-7H2,1-2H3. The van der Waals surface area contributed by atoms with Crippen molar-refractivity contribution in [3.05, 3.63) is 16.7 Å². The number of halogens is 1. The summed E-state index contributed by atoms with van der Waals surface area (Å²) in [6, 6.07) is 0. The van der Waals surface area contributed by atoms with E-state index in [1.165, 1.54) is 0 Å². The Morgan fingerprint density at radius 2 is 2.13 bits per heavy atom. The number of unbranched alkanes of at least 4 members (excludes halogenated alkanes) is 1. The second kappa shape index (κ2) is 5.91. The molecule has 0 saturated carbocycles. The summed E-state index contributed by atoms with van der Waals surface area (Å²) >= 11 is 5.90. The summed E-state index contributed by atoms with van der Waals surface area (Å²) in [7, 11) is 0. The van der Waals surface area contributed by atoms with Crippen LogP contribution in [0.5, 0.6) is 0 Å². The zero-order valence-corrected chi connectivity index (χ0v) is 10.0. The van der Waals surface area contributed by atoms with Crippen LogP contribution in [0.2, 0.25) is 5.15 Å². The topological polar surface area (TPSA) is 34.9 Å². The second-order valence-electron chi connectivity index (χ2n) is 3.58. The van der Waals surface area contributed by atoms with Crippen molar-refractivity contribution in [3.8, 4) is 0 Å². The molecule has 0 aliphatic heterocycles. The van der Waals surface area contributed by atoms with Crippen LogP contribution in [0.3, 0.4) is 0 Å². The molecule has 84 valence electrons. The second-order valence-corrected chi connectivity index (χ2v) is 3.94. The van der Waals surface area contributed by atoms with E-state index in [1.54, 1.807) is 0 Å². The molecule has 0 radical (unpaired) electrons. The Hall–Kier alpha value is -0.830. The first-order valence-corrected chi connectivity index (χ1v) is 5.82. The Bertz CT molecular complexity index is 334. The van der Waals surface area contributed by atoms with Crippen molar-refractivity contribution in [2.45, 2.75) is 46.1 Å². The fourth-order valence-electron chi connectivity index (χ4n) is 1.59. The number of hydrogen-bond acceptors (Lipinski definition) is 2. The number of carbonyl (C=O) groups excluding carboxylic acids is 1. The van der Waals surface area contributed by atoms with Crippen LogP contribution in [0.1, 0.15) is 49.4 Å². The zero-order chi connectivity index (χ0) is 11.3. The van der Waals surface area contributed by atoms with Crippen molar-refractivity contribution in [2.75, 3.05) is 0 Å². The van der Waals surface area contributed by atoms with Crippen LogP contribution < -0.4 is 0 Å². The van der Waals surface area contributed by atoms with Gasteiger partial charge in [0.2, 0.25) is 0 Å². The minimum atomic E-state index is 0.338. The lowest BCUT2D eigenvalue weighted by molar-refractivity contribution is 0.111. The number of aryl methyl sites for hydroxylation is 1. The predicted molar refractivity (Wildman–Crippen MR) is 61.5 cm³/mol. The number of carbonyl (C=O) groups is 1. The molecule has 0 aliphatic carbocycles. The lowest BCUT2D eigenvalue weighted by Crippen LogP contribution is -2.06. The highest BCUT2D eigenvalue weighted by molar-refractivity contribution is 6.31. The number of aromatic nitrogens is 2. The Morgan fingerprint density at radius 3 is 2.67 bits per heavy atom. The fourth-order valence-corrected chi connectivity index (χ4v) is 1.84. The zero-order valence-electron chi connectivity index (χ0n) is 9.29. The number of hydrogen-bond donors (Lipinski definition) is 0. The number of imidazole rings is 1. The van der Waals surface area contributed by atoms with Crippen LogP contribution in [0.15, 0.2) is 0 Å². The molecule has 0 amide bonds. The lowest BCUT2D eigenvalue weighted by Gasteiger charge is -2.06. The predicted octanol–water partition coefficient (Wildman–Crippen LogP) is 3.10. The van der Waals surface area contributed by atoms with Crippen LogP contribution in [-0.4, -0.2) is 15.8 Å². The van der Waals surface area contributed by atoms with Gasteiger partial charge < -0.3 is 4.57 Å². The van der Waals surface area contributed by atoms with Gasteiger partial charge in [0.15, 0.2) is 11.4 Å². The van der Waals surface area contributed by atoms with Gasteiger partial charge in [0.1, 0.15) is 11.5 Å². The molecule has 1 rings (SSSR count). The van der Waals surface area contributed by atoms with E-state index in [9.17, 15) is 4.79 Å². The molecule has 0 saturated heterocycles. The van der Waals surface area contributed by atoms with E-state index in [0.717, 1.165) is 44.3 Å². The summed E-state index contributed by atoms with van der Waals surface area (Å²) in [6.45, 7) is 5.02. The Kier molecular flexibility index (Phi) is 4.82. The molecule has 0 aliphatic rings. The lowest BCUT2D eigenvalue weighted by atomic mass is 10.2. The molecular weight excluding hydrogens is 212 g/mol. The number of rotatable bonds is 6. The van der Waals surface area contributed by atoms with Gasteiger partial charge in [0, 0.05) is 13.0 Å². The maximum absolute atomic E-state index is 10.9. The van der Waals surface area contributed by atoms with E-state index in [0.29, 0.717) is 10.8 Å². The monoisotopic (exact) mass is 228 g/mol. The van der Waals surface area contributed by atoms with Gasteiger partial charge in [-0.1, -0.05) is 31.9 Å². The van der Waals surface area contributed by atoms with E-state index in [2.05, 4.69) is 18.8 Å². The van der Waals surface area contributed by atoms with E-state index in [-0.39, 0.29) is 0 Å². The number of nitrogens with zero attached hydrogens (tertiary/aromatic N) is 2. The van der Waals surface area contributed by atoms with Crippen molar-refractivity contribution in [1.82, 2.24) is 9.55 Å². The molecular formula is C11H17ClN2O. The van der Waals surface area contributed by atoms with Crippen molar-refractivity contribution < 1.29 is 4.79 Å². The first-order chi connectivity index (χ1) is 7.24. The van der Waals surface area contributed by atoms with Gasteiger partial charge in [-0.05, 0) is 12.8 Å². The van der Waals surface area contributed by atoms with Gasteiger partial charge in [0.25, 0.3) is 0 Å². The fraction of sp³-hybridized carbons (Fsp3) is 0.636. The van der Waals surface area contributed by atoms with Gasteiger partial charge in [-0.25, -0.2) is 4.98 Å². The van der Waals surface area contributed by atoms with Crippen molar-refractivity contribution in [3.63, 3.8) is 0 Å². The molecule has 0 fully saturated rings. The van der Waals surface area contributed by atoms with Crippen LogP contribution in [-0.2, 0) is 13.0 Å². The Labute approximate surface area is 95.5 Å². The SMILES string of the molecule is CCCCc1nc(Cl)c(C=O)n1CCC. The first kappa shape index (κ1) is 12.2. The highest BCUT2D eigenvalue weighted by atomic mass is 35.5. The summed E-state index contributed by atoms with van der Waals surface area (Å²) in [5.74, 6) is 0.936. The van der Waals surface area contributed by atoms with E-state index >= 15 is 0 Å². The average molecular weight is 229 g/mol. The van der Waals surface area contributed by atoms with Gasteiger partial charge in [0.05, 0.1) is 0 Å². The van der Waals surface area contributed by atoms with Gasteiger partial charge in [-0.3, -0.25) is 4.79 Å². The largest absolute Gasteiger partial charge is 0.325 e. The Balaban J connectivity index is 2.97. The molecule has 0 atom stereocenters. The molecule has 0 N–H and O–H groups in total. The van der Waals surface area contributed by atoms with Crippen LogP contribution in [0.4, 0.5) is 0 Å². The highest BCUT2D eigenvalue weighted by Gasteiger charge is 2.13. The highest BCUT2D eigenvalue weighted by Crippen LogP contribution is 2.17. The maximum Gasteiger partial charge on any atom is 0.169 e. The molecule has 0 spiro atoms. The third-order valence-corrected chi connectivity index (χ3v) is 2.63. The molecule has 3 nitrogen and oxygen atoms in total. The van der Waals surface area contributed by atoms with Gasteiger partial charge >= 0.3 is 0 Å². The average Bonchev–Trinajstić information content (AvgIpc) is 2.52. The molecule has 0 bridgehead atoms. The summed E-state index contributed by atoms with van der Waals surface area (Å²) in [5.41, 5.74) is 0.518. The summed E-state index contributed by atoms with van der Waals surface area (Å²) in [6.07, 6.45) is 4.86. The van der Waals surface area contributed by atoms with Crippen LogP contribution >= 0.6 is 11.6 Å². The summed E-state index contributed by atoms with van der Waals surface area (Å²) in [4.78, 5) is 15.1. The molecule has 1 aromatic rings. The molecule has 1 aromatic heterocycles. The summed E-state index contributed by atoms with van der Waals surface area (Å²) in [5, 5.41) is 0.338. The van der Waals surface area contributed by atoms with Crippen molar-refractivity contribution >= 4 is 17.9 Å². The molecule has 15 heavy (non-hydrogen) atoms. The van der Waals surface area contributed by atoms with Crippen molar-refractivity contribution in [2.24, 2.45) is 0 Å². The number of aldehydes is 1. The van der Waals surface area contributed by atoms with E-state index in [1.807, 2.05) is 4.57 Å². The van der Waals surface area contributed by atoms with E-state index < -0.39 is 0 Å². The summed E-state index contributed by atoms with van der Waals surface area (Å²) < 4.78 is 1.94. The molecule has 1 heterocycles. The third-order valence-electron chi connectivity index (χ3n) is 2.35. The third kappa shape index (κ3) is 2.81. The van der Waals surface area contributed by atoms with Gasteiger partial charge in [-0.15, -0.1) is 0 Å². The first-order valence-electron chi connectivity index (χ1n) is 5.44. The van der Waals surface area contributed by atoms with Crippen LogP contribution in [0.25, 0.3) is 0 Å². The molecule has 0 aromatic carbocycles. The quantitative estimate of drug-likeness (QED) is 0.702.